The normalized spacial score (nSPS) is 32.1. The molecule has 284 valence electrons. The molecule has 1 aromatic heterocycles. The van der Waals surface area contributed by atoms with Crippen LogP contribution in [0.15, 0.2) is 91.3 Å². The average Bonchev–Trinajstić information content (AvgIpc) is 3.32. The molecular formula is C41H43NO12. The van der Waals surface area contributed by atoms with Gasteiger partial charge in [0.15, 0.2) is 23.9 Å². The second kappa shape index (κ2) is 14.4. The lowest BCUT2D eigenvalue weighted by Crippen LogP contribution is -2.86. The Morgan fingerprint density at radius 3 is 1.94 bits per heavy atom. The molecule has 1 N–H and O–H groups in total. The number of esters is 5. The molecule has 0 amide bonds. The number of aliphatic hydroxyl groups is 1. The molecule has 2 aromatic carbocycles. The first kappa shape index (κ1) is 38.3. The smallest absolute Gasteiger partial charge is 0.340 e. The minimum atomic E-state index is -2.41. The minimum absolute atomic E-state index is 0.00118. The Bertz CT molecular complexity index is 1930. The number of nitrogens with zero attached hydrogens (tertiary/aromatic N) is 1. The number of pyridine rings is 1. The Labute approximate surface area is 312 Å². The molecule has 54 heavy (non-hydrogen) atoms. The van der Waals surface area contributed by atoms with E-state index in [1.165, 1.54) is 56.6 Å². The second-order valence-electron chi connectivity index (χ2n) is 14.7. The van der Waals surface area contributed by atoms with Gasteiger partial charge < -0.3 is 33.5 Å². The molecule has 3 aliphatic rings. The molecule has 3 aromatic rings. The summed E-state index contributed by atoms with van der Waals surface area (Å²) >= 11 is 0. The second-order valence-corrected chi connectivity index (χ2v) is 14.7. The molecule has 6 rings (SSSR count). The Morgan fingerprint density at radius 1 is 0.741 bits per heavy atom. The van der Waals surface area contributed by atoms with E-state index in [0.717, 1.165) is 12.5 Å². The third kappa shape index (κ3) is 6.55. The molecule has 3 fully saturated rings. The van der Waals surface area contributed by atoms with Crippen LogP contribution in [0.5, 0.6) is 0 Å². The van der Waals surface area contributed by atoms with E-state index in [-0.39, 0.29) is 17.5 Å². The van der Waals surface area contributed by atoms with Crippen molar-refractivity contribution in [2.75, 3.05) is 0 Å². The van der Waals surface area contributed by atoms with E-state index in [1.807, 2.05) is 18.2 Å². The molecule has 1 saturated heterocycles. The first-order valence-corrected chi connectivity index (χ1v) is 17.6. The Morgan fingerprint density at radius 2 is 1.33 bits per heavy atom. The largest absolute Gasteiger partial charge is 0.459 e. The standard InChI is InChI=1S/C41H43NO12/c1-24(43)49-32-34(52-36(46)27-16-11-8-12-17-27)39(5)30(51-31(45)20-19-26-14-9-7-10-15-26)22-29-33(50-25(2)44)41(39,54-38(29,3)4)40(6,48)35(32)53-37(47)28-18-13-21-42-23-28/h7-21,23,29-30,32-35,48H,22H2,1-6H3/b20-19+/t29-,30-,32+,33+,34-,35-,39+,40-,41+/m0/s1. The molecule has 13 heteroatoms. The summed E-state index contributed by atoms with van der Waals surface area (Å²) in [4.78, 5) is 71.4. The van der Waals surface area contributed by atoms with E-state index >= 15 is 0 Å². The van der Waals surface area contributed by atoms with Crippen LogP contribution in [0.3, 0.4) is 0 Å². The fraction of sp³-hybridized carbons (Fsp3) is 0.415. The van der Waals surface area contributed by atoms with Crippen LogP contribution < -0.4 is 0 Å². The van der Waals surface area contributed by atoms with E-state index in [9.17, 15) is 29.1 Å². The van der Waals surface area contributed by atoms with Crippen LogP contribution in [0, 0.1) is 11.3 Å². The van der Waals surface area contributed by atoms with Crippen molar-refractivity contribution in [1.29, 1.82) is 0 Å². The number of hydrogen-bond donors (Lipinski definition) is 1. The molecule has 1 spiro atoms. The summed E-state index contributed by atoms with van der Waals surface area (Å²) < 4.78 is 37.5. The van der Waals surface area contributed by atoms with Crippen molar-refractivity contribution in [1.82, 2.24) is 4.98 Å². The molecule has 2 saturated carbocycles. The van der Waals surface area contributed by atoms with Gasteiger partial charge in [-0.1, -0.05) is 48.5 Å². The number of ether oxygens (including phenoxy) is 6. The molecule has 1 aliphatic heterocycles. The zero-order valence-corrected chi connectivity index (χ0v) is 30.8. The van der Waals surface area contributed by atoms with Crippen molar-refractivity contribution in [3.8, 4) is 0 Å². The Balaban J connectivity index is 1.58. The number of carbonyl (C=O) groups is 5. The maximum absolute atomic E-state index is 14.1. The van der Waals surface area contributed by atoms with Gasteiger partial charge in [-0.3, -0.25) is 14.6 Å². The van der Waals surface area contributed by atoms with Gasteiger partial charge in [-0.2, -0.15) is 0 Å². The fourth-order valence-corrected chi connectivity index (χ4v) is 8.63. The lowest BCUT2D eigenvalue weighted by Gasteiger charge is -2.66. The highest BCUT2D eigenvalue weighted by Gasteiger charge is 2.87. The summed E-state index contributed by atoms with van der Waals surface area (Å²) in [5, 5.41) is 13.1. The van der Waals surface area contributed by atoms with E-state index < -0.39 is 88.5 Å². The number of rotatable bonds is 9. The third-order valence-electron chi connectivity index (χ3n) is 11.0. The summed E-state index contributed by atoms with van der Waals surface area (Å²) in [7, 11) is 0. The lowest BCUT2D eigenvalue weighted by atomic mass is 9.46. The van der Waals surface area contributed by atoms with E-state index in [1.54, 1.807) is 57.2 Å². The summed E-state index contributed by atoms with van der Waals surface area (Å²) in [6.07, 6.45) is -2.21. The molecule has 0 unspecified atom stereocenters. The van der Waals surface area contributed by atoms with Crippen LogP contribution in [0.25, 0.3) is 6.08 Å². The Hall–Kier alpha value is -5.40. The molecule has 2 aliphatic carbocycles. The van der Waals surface area contributed by atoms with Crippen LogP contribution in [0.1, 0.15) is 74.2 Å². The van der Waals surface area contributed by atoms with E-state index in [4.69, 9.17) is 28.4 Å². The van der Waals surface area contributed by atoms with Gasteiger partial charge in [-0.05, 0) is 70.0 Å². The summed E-state index contributed by atoms with van der Waals surface area (Å²) in [6, 6.07) is 20.0. The van der Waals surface area contributed by atoms with Crippen molar-refractivity contribution in [2.24, 2.45) is 11.3 Å². The van der Waals surface area contributed by atoms with E-state index in [0.29, 0.717) is 0 Å². The number of hydrogen-bond acceptors (Lipinski definition) is 13. The molecule has 13 nitrogen and oxygen atoms in total. The summed E-state index contributed by atoms with van der Waals surface area (Å²) in [5.74, 6) is -4.90. The number of aromatic nitrogens is 1. The van der Waals surface area contributed by atoms with Crippen molar-refractivity contribution in [3.63, 3.8) is 0 Å². The van der Waals surface area contributed by atoms with Gasteiger partial charge in [0.1, 0.15) is 17.8 Å². The number of carbonyl (C=O) groups excluding carboxylic acids is 5. The first-order chi connectivity index (χ1) is 25.5. The molecular weight excluding hydrogens is 698 g/mol. The molecule has 2 heterocycles. The zero-order chi connectivity index (χ0) is 39.1. The van der Waals surface area contributed by atoms with Crippen molar-refractivity contribution >= 4 is 35.9 Å². The lowest BCUT2D eigenvalue weighted by molar-refractivity contribution is -0.367. The van der Waals surface area contributed by atoms with Crippen molar-refractivity contribution in [2.45, 2.75) is 95.3 Å². The SMILES string of the molecule is CC(=O)O[C@@H]1[C@H](OC(=O)c2ccccc2)[C@@]2(C)[C@@H](OC(=O)/C=C/c3ccccc3)C[C@H]3[C@@H](OC(C)=O)[C@]2(OC3(C)C)[C@@](C)(O)[C@H]1OC(=O)c1cccnc1. The Kier molecular flexibility index (Phi) is 10.3. The highest BCUT2D eigenvalue weighted by atomic mass is 16.7. The van der Waals surface area contributed by atoms with Gasteiger partial charge in [0.05, 0.1) is 22.1 Å². The van der Waals surface area contributed by atoms with Crippen LogP contribution >= 0.6 is 0 Å². The molecule has 0 radical (unpaired) electrons. The van der Waals surface area contributed by atoms with Gasteiger partial charge in [0.2, 0.25) is 0 Å². The predicted molar refractivity (Wildman–Crippen MR) is 190 cm³/mol. The van der Waals surface area contributed by atoms with Gasteiger partial charge in [0, 0.05) is 38.2 Å². The minimum Gasteiger partial charge on any atom is -0.459 e. The molecule has 9 atom stereocenters. The van der Waals surface area contributed by atoms with Crippen LogP contribution in [0.2, 0.25) is 0 Å². The number of benzene rings is 2. The average molecular weight is 742 g/mol. The van der Waals surface area contributed by atoms with Crippen LogP contribution in [0.4, 0.5) is 0 Å². The van der Waals surface area contributed by atoms with Crippen LogP contribution in [-0.4, -0.2) is 87.3 Å². The maximum atomic E-state index is 14.1. The van der Waals surface area contributed by atoms with Gasteiger partial charge in [-0.15, -0.1) is 0 Å². The maximum Gasteiger partial charge on any atom is 0.340 e. The quantitative estimate of drug-likeness (QED) is 0.182. The summed E-state index contributed by atoms with van der Waals surface area (Å²) in [6.45, 7) is 8.65. The number of fused-ring (bicyclic) bond motifs is 1. The van der Waals surface area contributed by atoms with Gasteiger partial charge in [0.25, 0.3) is 0 Å². The predicted octanol–water partition coefficient (Wildman–Crippen LogP) is 4.66. The van der Waals surface area contributed by atoms with E-state index in [2.05, 4.69) is 4.98 Å². The van der Waals surface area contributed by atoms with Crippen molar-refractivity contribution in [3.05, 3.63) is 108 Å². The highest BCUT2D eigenvalue weighted by molar-refractivity contribution is 5.90. The topological polar surface area (TPSA) is 174 Å². The zero-order valence-electron chi connectivity index (χ0n) is 30.8. The fourth-order valence-electron chi connectivity index (χ4n) is 8.63. The summed E-state index contributed by atoms with van der Waals surface area (Å²) in [5.41, 5.74) is -6.78. The van der Waals surface area contributed by atoms with Crippen molar-refractivity contribution < 1.29 is 57.5 Å². The molecule has 2 bridgehead atoms. The van der Waals surface area contributed by atoms with Gasteiger partial charge in [-0.25, -0.2) is 14.4 Å². The van der Waals surface area contributed by atoms with Gasteiger partial charge >= 0.3 is 29.8 Å². The third-order valence-corrected chi connectivity index (χ3v) is 11.0. The monoisotopic (exact) mass is 741 g/mol. The first-order valence-electron chi connectivity index (χ1n) is 17.6. The van der Waals surface area contributed by atoms with Crippen LogP contribution in [-0.2, 0) is 42.8 Å². The highest BCUT2D eigenvalue weighted by Crippen LogP contribution is 2.69.